The molecule has 2 bridgehead atoms. The monoisotopic (exact) mass is 603 g/mol. The van der Waals surface area contributed by atoms with Gasteiger partial charge >= 0.3 is 0 Å². The van der Waals surface area contributed by atoms with Crippen molar-refractivity contribution in [3.8, 4) is 0 Å². The number of aromatic amines is 1. The Morgan fingerprint density at radius 3 is 2.62 bits per heavy atom. The summed E-state index contributed by atoms with van der Waals surface area (Å²) in [4.78, 5) is 36.5. The lowest BCUT2D eigenvalue weighted by molar-refractivity contribution is -0.266. The third kappa shape index (κ3) is 3.32. The summed E-state index contributed by atoms with van der Waals surface area (Å²) in [6.45, 7) is 2.52. The van der Waals surface area contributed by atoms with E-state index in [0.29, 0.717) is 19.4 Å². The summed E-state index contributed by atoms with van der Waals surface area (Å²) in [5, 5.41) is 7.15. The van der Waals surface area contributed by atoms with E-state index in [0.717, 1.165) is 60.4 Å². The van der Waals surface area contributed by atoms with Gasteiger partial charge in [-0.2, -0.15) is 0 Å². The highest BCUT2D eigenvalue weighted by atomic mass is 16.6. The van der Waals surface area contributed by atoms with E-state index in [9.17, 15) is 9.59 Å². The molecule has 6 heterocycles. The van der Waals surface area contributed by atoms with E-state index in [1.54, 1.807) is 24.5 Å². The highest BCUT2D eigenvalue weighted by Crippen LogP contribution is 2.54. The Kier molecular flexibility index (Phi) is 5.43. The van der Waals surface area contributed by atoms with Crippen molar-refractivity contribution in [3.63, 3.8) is 0 Å². The molecule has 3 aliphatic rings. The first kappa shape index (κ1) is 26.7. The van der Waals surface area contributed by atoms with Crippen LogP contribution in [-0.4, -0.2) is 68.2 Å². The Hall–Kier alpha value is -4.71. The summed E-state index contributed by atoms with van der Waals surface area (Å²) in [6, 6.07) is 15.3. The molecule has 11 heteroatoms. The molecule has 228 valence electrons. The van der Waals surface area contributed by atoms with Gasteiger partial charge in [-0.1, -0.05) is 36.4 Å². The van der Waals surface area contributed by atoms with Gasteiger partial charge in [0.25, 0.3) is 5.91 Å². The van der Waals surface area contributed by atoms with Crippen LogP contribution in [0.1, 0.15) is 41.2 Å². The van der Waals surface area contributed by atoms with E-state index in [1.807, 2.05) is 31.3 Å². The highest BCUT2D eigenvalue weighted by Gasteiger charge is 2.55. The molecule has 9 rings (SSSR count). The molecule has 11 nitrogen and oxygen atoms in total. The zero-order chi connectivity index (χ0) is 30.8. The minimum absolute atomic E-state index is 0.0603. The van der Waals surface area contributed by atoms with Gasteiger partial charge in [-0.3, -0.25) is 9.59 Å². The van der Waals surface area contributed by atoms with E-state index >= 15 is 0 Å². The number of hydrogen-bond acceptors (Lipinski definition) is 6. The molecule has 1 fully saturated rings. The van der Waals surface area contributed by atoms with Gasteiger partial charge in [-0.05, 0) is 24.6 Å². The van der Waals surface area contributed by atoms with Gasteiger partial charge in [0, 0.05) is 61.3 Å². The quantitative estimate of drug-likeness (QED) is 0.274. The number of amides is 2. The maximum Gasteiger partial charge on any atom is 0.252 e. The molecule has 45 heavy (non-hydrogen) atoms. The zero-order valence-corrected chi connectivity index (χ0v) is 25.2. The van der Waals surface area contributed by atoms with Gasteiger partial charge in [-0.15, -0.1) is 0 Å². The highest BCUT2D eigenvalue weighted by molar-refractivity contribution is 6.31. The molecule has 2 amide bonds. The first-order valence-corrected chi connectivity index (χ1v) is 15.3. The maximum atomic E-state index is 13.9. The number of para-hydroxylation sites is 2. The van der Waals surface area contributed by atoms with E-state index < -0.39 is 24.1 Å². The lowest BCUT2D eigenvalue weighted by atomic mass is 9.91. The average Bonchev–Trinajstić information content (AvgIpc) is 3.82. The van der Waals surface area contributed by atoms with E-state index in [4.69, 9.17) is 15.2 Å². The van der Waals surface area contributed by atoms with E-state index in [2.05, 4.69) is 55.6 Å². The molecule has 0 saturated carbocycles. The standard InChI is InChI=1S/C34H33N7O4/c1-34-31(44-3)24(39(2)33(43)21(35)12-17-14-36-16-38-17)13-25(45-34)40-22-10-6-4-8-18(22)27-28-20(15-37-32(28)42)26-19-9-5-7-11-23(19)41(34)30(26)29(27)40/h4-11,14,16,21,24-25,31H,12-13,15,35H2,1-3H3,(H,36,38)(H,37,42). The third-order valence-electron chi connectivity index (χ3n) is 10.3. The van der Waals surface area contributed by atoms with Crippen LogP contribution in [0.15, 0.2) is 61.1 Å². The Labute approximate surface area is 257 Å². The summed E-state index contributed by atoms with van der Waals surface area (Å²) < 4.78 is 18.1. The number of hydrogen-bond donors (Lipinski definition) is 3. The number of nitrogens with two attached hydrogens (primary N) is 1. The second-order valence-corrected chi connectivity index (χ2v) is 12.6. The molecular weight excluding hydrogens is 570 g/mol. The number of rotatable bonds is 5. The maximum absolute atomic E-state index is 13.9. The number of nitrogens with zero attached hydrogens (tertiary/aromatic N) is 4. The molecule has 6 aromatic rings. The molecule has 0 radical (unpaired) electrons. The summed E-state index contributed by atoms with van der Waals surface area (Å²) in [5.74, 6) is -0.250. The number of nitrogens with one attached hydrogen (secondary N) is 2. The second kappa shape index (κ2) is 9.16. The van der Waals surface area contributed by atoms with Crippen LogP contribution in [0.4, 0.5) is 0 Å². The number of likely N-dealkylation sites (N-methyl/N-ethyl adjacent to an activating group) is 1. The topological polar surface area (TPSA) is 132 Å². The predicted molar refractivity (Wildman–Crippen MR) is 170 cm³/mol. The fraction of sp³-hybridized carbons (Fsp3) is 0.324. The second-order valence-electron chi connectivity index (χ2n) is 12.6. The van der Waals surface area contributed by atoms with Crippen LogP contribution in [0.25, 0.3) is 43.6 Å². The van der Waals surface area contributed by atoms with Gasteiger partial charge < -0.3 is 39.5 Å². The molecule has 1 saturated heterocycles. The van der Waals surface area contributed by atoms with Crippen LogP contribution in [-0.2, 0) is 33.0 Å². The zero-order valence-electron chi connectivity index (χ0n) is 25.2. The van der Waals surface area contributed by atoms with Crippen molar-refractivity contribution in [2.45, 2.75) is 56.5 Å². The summed E-state index contributed by atoms with van der Waals surface area (Å²) in [5.41, 5.74) is 11.9. The first-order chi connectivity index (χ1) is 21.8. The molecular formula is C34H33N7O4. The molecule has 0 spiro atoms. The van der Waals surface area contributed by atoms with Gasteiger partial charge in [-0.25, -0.2) is 4.98 Å². The summed E-state index contributed by atoms with van der Waals surface area (Å²) in [6.07, 6.45) is 3.12. The van der Waals surface area contributed by atoms with Crippen LogP contribution in [0.3, 0.4) is 0 Å². The number of fused-ring (bicyclic) bond motifs is 13. The number of ether oxygens (including phenoxy) is 2. The van der Waals surface area contributed by atoms with E-state index in [1.165, 1.54) is 0 Å². The molecule has 0 aliphatic carbocycles. The largest absolute Gasteiger partial charge is 0.374 e. The number of aromatic nitrogens is 4. The SMILES string of the molecule is COC1C(N(C)C(=O)C(N)Cc2c[nH]cn2)CC2OC1(C)n1c3ccccc3c3c4c(c5c6ccccc6n2c5c31)C(=O)NC4. The van der Waals surface area contributed by atoms with Crippen molar-refractivity contribution in [1.82, 2.24) is 29.3 Å². The van der Waals surface area contributed by atoms with Crippen LogP contribution < -0.4 is 11.1 Å². The Morgan fingerprint density at radius 2 is 1.89 bits per heavy atom. The summed E-state index contributed by atoms with van der Waals surface area (Å²) in [7, 11) is 3.49. The molecule has 5 atom stereocenters. The molecule has 4 N–H and O–H groups in total. The molecule has 3 aliphatic heterocycles. The minimum Gasteiger partial charge on any atom is -0.374 e. The van der Waals surface area contributed by atoms with Crippen LogP contribution in [0.2, 0.25) is 0 Å². The number of carbonyl (C=O) groups excluding carboxylic acids is 2. The van der Waals surface area contributed by atoms with Crippen LogP contribution in [0, 0.1) is 0 Å². The number of carbonyl (C=O) groups is 2. The molecule has 5 unspecified atom stereocenters. The van der Waals surface area contributed by atoms with Crippen molar-refractivity contribution in [3.05, 3.63) is 77.9 Å². The molecule has 3 aromatic heterocycles. The third-order valence-corrected chi connectivity index (χ3v) is 10.3. The van der Waals surface area contributed by atoms with E-state index in [-0.39, 0.29) is 17.9 Å². The summed E-state index contributed by atoms with van der Waals surface area (Å²) >= 11 is 0. The molecule has 3 aromatic carbocycles. The number of imidazole rings is 1. The van der Waals surface area contributed by atoms with Gasteiger partial charge in [0.2, 0.25) is 5.91 Å². The lowest BCUT2D eigenvalue weighted by Gasteiger charge is -2.50. The van der Waals surface area contributed by atoms with Gasteiger partial charge in [0.1, 0.15) is 12.3 Å². The van der Waals surface area contributed by atoms with Crippen molar-refractivity contribution < 1.29 is 19.1 Å². The smallest absolute Gasteiger partial charge is 0.252 e. The minimum atomic E-state index is -1.03. The Bertz CT molecular complexity index is 2220. The number of H-pyrrole nitrogens is 1. The number of benzene rings is 3. The fourth-order valence-electron chi connectivity index (χ4n) is 8.53. The van der Waals surface area contributed by atoms with Crippen molar-refractivity contribution in [2.24, 2.45) is 5.73 Å². The average molecular weight is 604 g/mol. The van der Waals surface area contributed by atoms with Crippen molar-refractivity contribution in [1.29, 1.82) is 0 Å². The Morgan fingerprint density at radius 1 is 1.16 bits per heavy atom. The predicted octanol–water partition coefficient (Wildman–Crippen LogP) is 3.89. The van der Waals surface area contributed by atoms with Crippen LogP contribution in [0.5, 0.6) is 0 Å². The van der Waals surface area contributed by atoms with Gasteiger partial charge in [0.05, 0.1) is 51.7 Å². The lowest BCUT2D eigenvalue weighted by Crippen LogP contribution is -2.62. The first-order valence-electron chi connectivity index (χ1n) is 15.3. The van der Waals surface area contributed by atoms with Crippen molar-refractivity contribution >= 4 is 55.4 Å². The van der Waals surface area contributed by atoms with Crippen LogP contribution >= 0.6 is 0 Å². The normalized spacial score (nSPS) is 24.4. The van der Waals surface area contributed by atoms with Crippen molar-refractivity contribution in [2.75, 3.05) is 14.2 Å². The Balaban J connectivity index is 1.34. The number of methoxy groups -OCH3 is 1. The van der Waals surface area contributed by atoms with Gasteiger partial charge in [0.15, 0.2) is 5.72 Å². The fourth-order valence-corrected chi connectivity index (χ4v) is 8.53.